The van der Waals surface area contributed by atoms with Crippen LogP contribution in [0.1, 0.15) is 36.7 Å². The van der Waals surface area contributed by atoms with Gasteiger partial charge in [-0.25, -0.2) is 0 Å². The third kappa shape index (κ3) is 1.89. The fraction of sp³-hybridized carbons (Fsp3) is 0.625. The molecule has 0 atom stereocenters. The predicted octanol–water partition coefficient (Wildman–Crippen LogP) is 2.01. The SMILES string of the molecule is CC(C)c1[nH]nc(C(F)(F)F)c1CN. The van der Waals surface area contributed by atoms with Crippen LogP contribution in [-0.2, 0) is 12.7 Å². The average Bonchev–Trinajstić information content (AvgIpc) is 2.45. The summed E-state index contributed by atoms with van der Waals surface area (Å²) in [7, 11) is 0. The van der Waals surface area contributed by atoms with E-state index in [4.69, 9.17) is 5.73 Å². The van der Waals surface area contributed by atoms with Crippen LogP contribution in [0.3, 0.4) is 0 Å². The minimum absolute atomic E-state index is 0.0443. The maximum atomic E-state index is 12.4. The number of hydrogen-bond donors (Lipinski definition) is 2. The summed E-state index contributed by atoms with van der Waals surface area (Å²) in [6, 6.07) is 0. The fourth-order valence-electron chi connectivity index (χ4n) is 1.30. The Morgan fingerprint density at radius 3 is 2.36 bits per heavy atom. The Labute approximate surface area is 79.5 Å². The van der Waals surface area contributed by atoms with Crippen LogP contribution in [0.4, 0.5) is 13.2 Å². The first-order chi connectivity index (χ1) is 6.38. The molecule has 0 spiro atoms. The van der Waals surface area contributed by atoms with Gasteiger partial charge in [0, 0.05) is 17.8 Å². The molecule has 0 aliphatic carbocycles. The zero-order chi connectivity index (χ0) is 10.9. The molecule has 0 saturated carbocycles. The molecule has 0 radical (unpaired) electrons. The van der Waals surface area contributed by atoms with Crippen molar-refractivity contribution >= 4 is 0 Å². The lowest BCUT2D eigenvalue weighted by atomic mass is 10.0. The summed E-state index contributed by atoms with van der Waals surface area (Å²) in [5.41, 5.74) is 4.89. The number of rotatable bonds is 2. The van der Waals surface area contributed by atoms with Crippen LogP contribution in [0.2, 0.25) is 0 Å². The molecule has 14 heavy (non-hydrogen) atoms. The van der Waals surface area contributed by atoms with E-state index < -0.39 is 11.9 Å². The van der Waals surface area contributed by atoms with E-state index in [1.165, 1.54) is 0 Å². The van der Waals surface area contributed by atoms with Gasteiger partial charge in [0.2, 0.25) is 0 Å². The molecular formula is C8H12F3N3. The first-order valence-corrected chi connectivity index (χ1v) is 4.22. The Hall–Kier alpha value is -1.04. The quantitative estimate of drug-likeness (QED) is 0.779. The van der Waals surface area contributed by atoms with E-state index in [9.17, 15) is 13.2 Å². The number of nitrogens with two attached hydrogens (primary N) is 1. The third-order valence-electron chi connectivity index (χ3n) is 1.95. The van der Waals surface area contributed by atoms with E-state index in [1.807, 2.05) is 0 Å². The highest BCUT2D eigenvalue weighted by atomic mass is 19.4. The highest BCUT2D eigenvalue weighted by Crippen LogP contribution is 2.33. The Morgan fingerprint density at radius 2 is 2.00 bits per heavy atom. The van der Waals surface area contributed by atoms with Gasteiger partial charge in [-0.2, -0.15) is 18.3 Å². The van der Waals surface area contributed by atoms with E-state index in [0.29, 0.717) is 5.69 Å². The standard InChI is InChI=1S/C8H12F3N3/c1-4(2)6-5(3-12)7(14-13-6)8(9,10)11/h4H,3,12H2,1-2H3,(H,13,14). The van der Waals surface area contributed by atoms with Crippen molar-refractivity contribution in [1.29, 1.82) is 0 Å². The van der Waals surface area contributed by atoms with Crippen molar-refractivity contribution in [2.24, 2.45) is 5.73 Å². The van der Waals surface area contributed by atoms with Gasteiger partial charge >= 0.3 is 6.18 Å². The molecular weight excluding hydrogens is 195 g/mol. The van der Waals surface area contributed by atoms with Crippen LogP contribution >= 0.6 is 0 Å². The van der Waals surface area contributed by atoms with Crippen LogP contribution in [-0.4, -0.2) is 10.2 Å². The summed E-state index contributed by atoms with van der Waals surface area (Å²) < 4.78 is 37.1. The molecule has 1 heterocycles. The van der Waals surface area contributed by atoms with E-state index in [0.717, 1.165) is 0 Å². The third-order valence-corrected chi connectivity index (χ3v) is 1.95. The lowest BCUT2D eigenvalue weighted by molar-refractivity contribution is -0.141. The molecule has 1 aromatic heterocycles. The summed E-state index contributed by atoms with van der Waals surface area (Å²) in [6.07, 6.45) is -4.43. The van der Waals surface area contributed by atoms with Gasteiger partial charge in [-0.1, -0.05) is 13.8 Å². The fourth-order valence-corrected chi connectivity index (χ4v) is 1.30. The van der Waals surface area contributed by atoms with Crippen LogP contribution in [0.5, 0.6) is 0 Å². The minimum Gasteiger partial charge on any atom is -0.326 e. The smallest absolute Gasteiger partial charge is 0.326 e. The number of nitrogens with zero attached hydrogens (tertiary/aromatic N) is 1. The molecule has 0 aliphatic heterocycles. The second-order valence-corrected chi connectivity index (χ2v) is 3.32. The number of nitrogens with one attached hydrogen (secondary N) is 1. The Kier molecular flexibility index (Phi) is 2.84. The van der Waals surface area contributed by atoms with E-state index in [-0.39, 0.29) is 18.0 Å². The summed E-state index contributed by atoms with van der Waals surface area (Å²) in [5, 5.41) is 5.63. The number of halogens is 3. The maximum Gasteiger partial charge on any atom is 0.435 e. The second-order valence-electron chi connectivity index (χ2n) is 3.32. The number of alkyl halides is 3. The van der Waals surface area contributed by atoms with Gasteiger partial charge in [-0.3, -0.25) is 5.10 Å². The highest BCUT2D eigenvalue weighted by Gasteiger charge is 2.37. The van der Waals surface area contributed by atoms with Crippen LogP contribution in [0, 0.1) is 0 Å². The summed E-state index contributed by atoms with van der Waals surface area (Å²) in [4.78, 5) is 0. The van der Waals surface area contributed by atoms with Gasteiger partial charge < -0.3 is 5.73 Å². The average molecular weight is 207 g/mol. The number of aromatic nitrogens is 2. The maximum absolute atomic E-state index is 12.4. The summed E-state index contributed by atoms with van der Waals surface area (Å²) >= 11 is 0. The van der Waals surface area contributed by atoms with Gasteiger partial charge in [0.1, 0.15) is 0 Å². The van der Waals surface area contributed by atoms with Crippen molar-refractivity contribution in [2.45, 2.75) is 32.5 Å². The van der Waals surface area contributed by atoms with Gasteiger partial charge in [0.15, 0.2) is 5.69 Å². The van der Waals surface area contributed by atoms with Crippen molar-refractivity contribution in [1.82, 2.24) is 10.2 Å². The van der Waals surface area contributed by atoms with Crippen molar-refractivity contribution in [3.05, 3.63) is 17.0 Å². The lowest BCUT2D eigenvalue weighted by Gasteiger charge is -2.07. The zero-order valence-electron chi connectivity index (χ0n) is 7.94. The Bertz CT molecular complexity index is 314. The second kappa shape index (κ2) is 3.61. The van der Waals surface area contributed by atoms with Crippen molar-refractivity contribution < 1.29 is 13.2 Å². The van der Waals surface area contributed by atoms with Crippen LogP contribution < -0.4 is 5.73 Å². The number of H-pyrrole nitrogens is 1. The lowest BCUT2D eigenvalue weighted by Crippen LogP contribution is -2.12. The Balaban J connectivity index is 3.21. The first-order valence-electron chi connectivity index (χ1n) is 4.22. The molecule has 6 heteroatoms. The summed E-state index contributed by atoms with van der Waals surface area (Å²) in [6.45, 7) is 3.42. The zero-order valence-corrected chi connectivity index (χ0v) is 7.94. The molecule has 0 aliphatic rings. The summed E-state index contributed by atoms with van der Waals surface area (Å²) in [5.74, 6) is -0.0443. The number of hydrogen-bond acceptors (Lipinski definition) is 2. The van der Waals surface area contributed by atoms with Gasteiger partial charge in [-0.05, 0) is 5.92 Å². The van der Waals surface area contributed by atoms with E-state index >= 15 is 0 Å². The van der Waals surface area contributed by atoms with Gasteiger partial charge in [-0.15, -0.1) is 0 Å². The number of aromatic amines is 1. The van der Waals surface area contributed by atoms with Gasteiger partial charge in [0.25, 0.3) is 0 Å². The molecule has 80 valence electrons. The van der Waals surface area contributed by atoms with Crippen molar-refractivity contribution in [3.63, 3.8) is 0 Å². The molecule has 0 bridgehead atoms. The Morgan fingerprint density at radius 1 is 1.43 bits per heavy atom. The molecule has 1 aromatic rings. The minimum atomic E-state index is -4.43. The molecule has 0 amide bonds. The highest BCUT2D eigenvalue weighted by molar-refractivity contribution is 5.29. The normalized spacial score (nSPS) is 12.5. The predicted molar refractivity (Wildman–Crippen MR) is 45.6 cm³/mol. The van der Waals surface area contributed by atoms with Gasteiger partial charge in [0.05, 0.1) is 0 Å². The molecule has 0 unspecified atom stereocenters. The van der Waals surface area contributed by atoms with Crippen LogP contribution in [0.25, 0.3) is 0 Å². The largest absolute Gasteiger partial charge is 0.435 e. The van der Waals surface area contributed by atoms with Crippen LogP contribution in [0.15, 0.2) is 0 Å². The van der Waals surface area contributed by atoms with Crippen molar-refractivity contribution in [3.8, 4) is 0 Å². The van der Waals surface area contributed by atoms with E-state index in [2.05, 4.69) is 10.2 Å². The molecule has 3 nitrogen and oxygen atoms in total. The monoisotopic (exact) mass is 207 g/mol. The topological polar surface area (TPSA) is 54.7 Å². The molecule has 1 rings (SSSR count). The molecule has 0 saturated heterocycles. The first kappa shape index (κ1) is 11.0. The van der Waals surface area contributed by atoms with E-state index in [1.54, 1.807) is 13.8 Å². The molecule has 0 aromatic carbocycles. The molecule has 0 fully saturated rings. The molecule has 3 N–H and O–H groups in total. The van der Waals surface area contributed by atoms with Crippen molar-refractivity contribution in [2.75, 3.05) is 0 Å².